The molecule has 4 amide bonds. The molecule has 0 rings (SSSR count). The molecule has 0 aliphatic heterocycles. The highest BCUT2D eigenvalue weighted by atomic mass is 16.4. The Kier molecular flexibility index (Phi) is 19.9. The molecule has 0 saturated carbocycles. The Morgan fingerprint density at radius 2 is 1.20 bits per heavy atom. The highest BCUT2D eigenvalue weighted by molar-refractivity contribution is 5.96. The number of amides is 4. The molecule has 0 unspecified atom stereocenters. The maximum absolute atomic E-state index is 13.5. The molecule has 46 heavy (non-hydrogen) atoms. The van der Waals surface area contributed by atoms with Crippen molar-refractivity contribution in [1.29, 1.82) is 5.41 Å². The molecule has 0 radical (unpaired) electrons. The van der Waals surface area contributed by atoms with Crippen LogP contribution in [0.2, 0.25) is 0 Å². The standard InChI is InChI=1S/C27H49N9O10/c1-14(2)12-19(36-24(43)17(8-9-20(37)38)33-22(41)15(29)13-21(39)40)25(44)34-16(7-5-11-32-27(30)31)23(42)35-18(26(45)46)6-3-4-10-28/h14-19H,3-13,28-29H2,1-2H3,(H,33,41)(H,34,44)(H,35,42)(H,36,43)(H,37,38)(H,39,40)(H,45,46)(H4,30,31,32)/t15-,16-,17-,18-,19-/m0/s1. The first-order valence-electron chi connectivity index (χ1n) is 14.9. The highest BCUT2D eigenvalue weighted by Gasteiger charge is 2.32. The number of carboxylic acid groups (broad SMARTS) is 3. The van der Waals surface area contributed by atoms with E-state index in [9.17, 15) is 38.7 Å². The third kappa shape index (κ3) is 18.3. The number of nitrogens with one attached hydrogen (secondary N) is 6. The number of carbonyl (C=O) groups excluding carboxylic acids is 4. The van der Waals surface area contributed by atoms with Gasteiger partial charge < -0.3 is 59.1 Å². The van der Waals surface area contributed by atoms with E-state index in [0.29, 0.717) is 19.4 Å². The van der Waals surface area contributed by atoms with E-state index in [0.717, 1.165) is 0 Å². The van der Waals surface area contributed by atoms with Gasteiger partial charge in [0, 0.05) is 13.0 Å². The van der Waals surface area contributed by atoms with Crippen LogP contribution in [-0.2, 0) is 33.6 Å². The lowest BCUT2D eigenvalue weighted by molar-refractivity contribution is -0.143. The molecule has 0 saturated heterocycles. The summed E-state index contributed by atoms with van der Waals surface area (Å²) >= 11 is 0. The second kappa shape index (κ2) is 22.1. The Labute approximate surface area is 266 Å². The fourth-order valence-corrected chi connectivity index (χ4v) is 4.16. The minimum atomic E-state index is -1.53. The third-order valence-electron chi connectivity index (χ3n) is 6.53. The smallest absolute Gasteiger partial charge is 0.326 e. The second-order valence-corrected chi connectivity index (χ2v) is 11.1. The minimum Gasteiger partial charge on any atom is -0.481 e. The van der Waals surface area contributed by atoms with Crippen LogP contribution in [0.25, 0.3) is 0 Å². The summed E-state index contributed by atoms with van der Waals surface area (Å²) in [5.41, 5.74) is 16.3. The molecule has 19 heteroatoms. The van der Waals surface area contributed by atoms with E-state index in [2.05, 4.69) is 26.6 Å². The topological polar surface area (TPSA) is 342 Å². The summed E-state index contributed by atoms with van der Waals surface area (Å²) in [5, 5.41) is 47.1. The van der Waals surface area contributed by atoms with Gasteiger partial charge in [-0.1, -0.05) is 13.8 Å². The molecule has 0 aliphatic rings. The van der Waals surface area contributed by atoms with Crippen molar-refractivity contribution in [3.8, 4) is 0 Å². The molecule has 0 heterocycles. The van der Waals surface area contributed by atoms with Crippen molar-refractivity contribution in [3.63, 3.8) is 0 Å². The highest BCUT2D eigenvalue weighted by Crippen LogP contribution is 2.10. The van der Waals surface area contributed by atoms with Crippen molar-refractivity contribution in [2.24, 2.45) is 23.1 Å². The van der Waals surface area contributed by atoms with E-state index >= 15 is 0 Å². The van der Waals surface area contributed by atoms with Crippen LogP contribution in [0.3, 0.4) is 0 Å². The Balaban J connectivity index is 6.01. The molecule has 19 nitrogen and oxygen atoms in total. The molecule has 0 aromatic rings. The minimum absolute atomic E-state index is 0.00586. The first kappa shape index (κ1) is 41.5. The second-order valence-electron chi connectivity index (χ2n) is 11.1. The van der Waals surface area contributed by atoms with E-state index in [-0.39, 0.29) is 44.1 Å². The quantitative estimate of drug-likeness (QED) is 0.0281. The lowest BCUT2D eigenvalue weighted by Gasteiger charge is -2.27. The lowest BCUT2D eigenvalue weighted by atomic mass is 10.0. The summed E-state index contributed by atoms with van der Waals surface area (Å²) < 4.78 is 0. The van der Waals surface area contributed by atoms with Crippen molar-refractivity contribution in [3.05, 3.63) is 0 Å². The van der Waals surface area contributed by atoms with Gasteiger partial charge in [-0.15, -0.1) is 0 Å². The fraction of sp³-hybridized carbons (Fsp3) is 0.704. The normalized spacial score (nSPS) is 14.1. The first-order valence-corrected chi connectivity index (χ1v) is 14.9. The molecule has 15 N–H and O–H groups in total. The number of rotatable bonds is 24. The number of hydrogen-bond donors (Lipinski definition) is 12. The van der Waals surface area contributed by atoms with Gasteiger partial charge in [0.15, 0.2) is 5.96 Å². The van der Waals surface area contributed by atoms with Gasteiger partial charge in [-0.25, -0.2) is 4.79 Å². The molecule has 262 valence electrons. The van der Waals surface area contributed by atoms with Crippen LogP contribution in [0.4, 0.5) is 0 Å². The van der Waals surface area contributed by atoms with E-state index < -0.39 is 91.0 Å². The van der Waals surface area contributed by atoms with Crippen LogP contribution in [0.15, 0.2) is 0 Å². The van der Waals surface area contributed by atoms with Crippen LogP contribution in [0, 0.1) is 11.3 Å². The predicted octanol–water partition coefficient (Wildman–Crippen LogP) is -2.88. The molecule has 0 aliphatic carbocycles. The van der Waals surface area contributed by atoms with Crippen molar-refractivity contribution in [2.45, 2.75) is 102 Å². The molecule has 0 fully saturated rings. The number of aliphatic carboxylic acids is 3. The van der Waals surface area contributed by atoms with Gasteiger partial charge in [-0.2, -0.15) is 0 Å². The van der Waals surface area contributed by atoms with E-state index in [4.69, 9.17) is 32.8 Å². The number of nitrogens with two attached hydrogens (primary N) is 3. The third-order valence-corrected chi connectivity index (χ3v) is 6.53. The molecule has 0 bridgehead atoms. The Hall–Kier alpha value is -4.52. The predicted molar refractivity (Wildman–Crippen MR) is 164 cm³/mol. The van der Waals surface area contributed by atoms with Gasteiger partial charge in [0.05, 0.1) is 12.5 Å². The van der Waals surface area contributed by atoms with Crippen molar-refractivity contribution in [1.82, 2.24) is 26.6 Å². The van der Waals surface area contributed by atoms with Gasteiger partial charge in [-0.05, 0) is 57.4 Å². The summed E-state index contributed by atoms with van der Waals surface area (Å²) in [6.07, 6.45) is -0.388. The Morgan fingerprint density at radius 1 is 0.696 bits per heavy atom. The molecular formula is C27H49N9O10. The Bertz CT molecular complexity index is 1070. The van der Waals surface area contributed by atoms with Crippen LogP contribution in [0.1, 0.15) is 71.6 Å². The molecule has 0 spiro atoms. The average molecular weight is 660 g/mol. The number of carbonyl (C=O) groups is 7. The van der Waals surface area contributed by atoms with Gasteiger partial charge >= 0.3 is 17.9 Å². The first-order chi connectivity index (χ1) is 21.5. The zero-order valence-corrected chi connectivity index (χ0v) is 26.2. The van der Waals surface area contributed by atoms with Crippen LogP contribution < -0.4 is 43.8 Å². The summed E-state index contributed by atoms with van der Waals surface area (Å²) in [7, 11) is 0. The number of carboxylic acids is 3. The van der Waals surface area contributed by atoms with Crippen molar-refractivity contribution in [2.75, 3.05) is 13.1 Å². The Morgan fingerprint density at radius 3 is 1.70 bits per heavy atom. The van der Waals surface area contributed by atoms with Crippen LogP contribution >= 0.6 is 0 Å². The van der Waals surface area contributed by atoms with E-state index in [1.54, 1.807) is 13.8 Å². The van der Waals surface area contributed by atoms with Gasteiger partial charge in [0.2, 0.25) is 23.6 Å². The van der Waals surface area contributed by atoms with Gasteiger partial charge in [0.1, 0.15) is 24.2 Å². The molecule has 0 aromatic heterocycles. The SMILES string of the molecule is CC(C)C[C@H](NC(=O)[C@H](CCC(=O)O)NC(=O)[C@@H](N)CC(=O)O)C(=O)N[C@@H](CCCNC(=N)N)C(=O)N[C@@H](CCCCN)C(=O)O. The van der Waals surface area contributed by atoms with E-state index in [1.165, 1.54) is 0 Å². The number of unbranched alkanes of at least 4 members (excludes halogenated alkanes) is 1. The van der Waals surface area contributed by atoms with Gasteiger partial charge in [-0.3, -0.25) is 34.2 Å². The van der Waals surface area contributed by atoms with Crippen LogP contribution in [-0.4, -0.2) is 106 Å². The number of hydrogen-bond acceptors (Lipinski definition) is 10. The van der Waals surface area contributed by atoms with Crippen molar-refractivity contribution >= 4 is 47.5 Å². The number of guanidine groups is 1. The summed E-state index contributed by atoms with van der Waals surface area (Å²) in [6.45, 7) is 3.99. The lowest BCUT2D eigenvalue weighted by Crippen LogP contribution is -2.58. The zero-order valence-electron chi connectivity index (χ0n) is 26.2. The molecule has 5 atom stereocenters. The monoisotopic (exact) mass is 659 g/mol. The molecular weight excluding hydrogens is 610 g/mol. The summed E-state index contributed by atoms with van der Waals surface area (Å²) in [5.74, 6) is -8.02. The van der Waals surface area contributed by atoms with Crippen LogP contribution in [0.5, 0.6) is 0 Å². The summed E-state index contributed by atoms with van der Waals surface area (Å²) in [4.78, 5) is 86.2. The van der Waals surface area contributed by atoms with Crippen molar-refractivity contribution < 1.29 is 48.9 Å². The van der Waals surface area contributed by atoms with Gasteiger partial charge in [0.25, 0.3) is 0 Å². The molecule has 0 aromatic carbocycles. The maximum atomic E-state index is 13.5. The average Bonchev–Trinajstić information content (AvgIpc) is 2.94. The largest absolute Gasteiger partial charge is 0.481 e. The van der Waals surface area contributed by atoms with E-state index in [1.807, 2.05) is 0 Å². The zero-order chi connectivity index (χ0) is 35.4. The summed E-state index contributed by atoms with van der Waals surface area (Å²) in [6, 6.07) is -6.83. The maximum Gasteiger partial charge on any atom is 0.326 e. The fourth-order valence-electron chi connectivity index (χ4n) is 4.16.